The van der Waals surface area contributed by atoms with Gasteiger partial charge in [-0.1, -0.05) is 54.1 Å². The summed E-state index contributed by atoms with van der Waals surface area (Å²) in [6.07, 6.45) is 1.42. The summed E-state index contributed by atoms with van der Waals surface area (Å²) in [6.45, 7) is 1.25. The summed E-state index contributed by atoms with van der Waals surface area (Å²) in [5.41, 5.74) is 2.40. The maximum atomic E-state index is 13.4. The minimum atomic E-state index is -0.373. The zero-order valence-corrected chi connectivity index (χ0v) is 15.2. The van der Waals surface area contributed by atoms with Gasteiger partial charge in [0.05, 0.1) is 29.5 Å². The average molecular weight is 385 g/mol. The molecule has 2 aromatic carbocycles. The zero-order chi connectivity index (χ0) is 19.1. The molecule has 6 heteroatoms. The molecule has 0 bridgehead atoms. The number of carbonyl (C=O) groups excluding carboxylic acids is 1. The number of pyridine rings is 1. The Hall–Kier alpha value is -2.76. The summed E-state index contributed by atoms with van der Waals surface area (Å²) in [5.74, 6) is -0.666. The minimum absolute atomic E-state index is 0.286. The Labute approximate surface area is 162 Å². The average Bonchev–Trinajstić information content (AvgIpc) is 2.68. The Bertz CT molecular complexity index is 919. The maximum absolute atomic E-state index is 13.4. The van der Waals surface area contributed by atoms with Crippen molar-refractivity contribution in [2.75, 3.05) is 13.2 Å². The van der Waals surface area contributed by atoms with Crippen molar-refractivity contribution in [2.24, 2.45) is 0 Å². The molecule has 1 N–H and O–H groups in total. The molecule has 1 amide bonds. The van der Waals surface area contributed by atoms with E-state index in [0.29, 0.717) is 36.6 Å². The number of hydrogen-bond donors (Lipinski definition) is 1. The summed E-state index contributed by atoms with van der Waals surface area (Å²) >= 11 is 6.22. The number of hydrogen-bond acceptors (Lipinski definition) is 3. The van der Waals surface area contributed by atoms with E-state index in [1.807, 2.05) is 30.3 Å². The van der Waals surface area contributed by atoms with Crippen molar-refractivity contribution in [1.29, 1.82) is 0 Å². The van der Waals surface area contributed by atoms with E-state index in [2.05, 4.69) is 10.3 Å². The molecule has 0 aliphatic carbocycles. The molecule has 3 rings (SSSR count). The molecule has 1 aromatic heterocycles. The summed E-state index contributed by atoms with van der Waals surface area (Å²) in [6, 6.07) is 17.3. The monoisotopic (exact) mass is 384 g/mol. The van der Waals surface area contributed by atoms with E-state index in [4.69, 9.17) is 16.3 Å². The van der Waals surface area contributed by atoms with Crippen LogP contribution in [0.15, 0.2) is 66.9 Å². The number of rotatable bonds is 7. The van der Waals surface area contributed by atoms with Crippen LogP contribution in [0, 0.1) is 5.82 Å². The fourth-order valence-corrected chi connectivity index (χ4v) is 2.79. The first-order valence-electron chi connectivity index (χ1n) is 8.45. The molecule has 0 spiro atoms. The van der Waals surface area contributed by atoms with Crippen molar-refractivity contribution >= 4 is 17.5 Å². The number of halogens is 2. The van der Waals surface area contributed by atoms with Gasteiger partial charge in [0.2, 0.25) is 0 Å². The third-order valence-corrected chi connectivity index (χ3v) is 4.13. The highest BCUT2D eigenvalue weighted by Crippen LogP contribution is 2.26. The second-order valence-electron chi connectivity index (χ2n) is 5.86. The molecule has 0 unspecified atom stereocenters. The van der Waals surface area contributed by atoms with Crippen LogP contribution in [-0.4, -0.2) is 24.0 Å². The van der Waals surface area contributed by atoms with Crippen LogP contribution in [0.1, 0.15) is 15.9 Å². The molecule has 4 nitrogen and oxygen atoms in total. The van der Waals surface area contributed by atoms with Gasteiger partial charge in [0.15, 0.2) is 0 Å². The van der Waals surface area contributed by atoms with E-state index in [-0.39, 0.29) is 16.7 Å². The third kappa shape index (κ3) is 5.36. The molecule has 0 fully saturated rings. The predicted molar refractivity (Wildman–Crippen MR) is 103 cm³/mol. The minimum Gasteiger partial charge on any atom is -0.375 e. The van der Waals surface area contributed by atoms with Crippen molar-refractivity contribution in [1.82, 2.24) is 10.3 Å². The Balaban J connectivity index is 1.52. The molecule has 0 saturated heterocycles. The smallest absolute Gasteiger partial charge is 0.252 e. The van der Waals surface area contributed by atoms with Gasteiger partial charge in [-0.15, -0.1) is 0 Å². The van der Waals surface area contributed by atoms with Crippen LogP contribution in [0.25, 0.3) is 11.3 Å². The number of nitrogens with zero attached hydrogens (tertiary/aromatic N) is 1. The predicted octanol–water partition coefficient (Wildman–Crippen LogP) is 4.49. The van der Waals surface area contributed by atoms with Crippen molar-refractivity contribution in [3.63, 3.8) is 0 Å². The molecule has 138 valence electrons. The van der Waals surface area contributed by atoms with Gasteiger partial charge >= 0.3 is 0 Å². The second kappa shape index (κ2) is 9.26. The van der Waals surface area contributed by atoms with E-state index in [9.17, 15) is 9.18 Å². The van der Waals surface area contributed by atoms with Crippen LogP contribution in [0.2, 0.25) is 5.02 Å². The number of nitrogens with one attached hydrogen (secondary N) is 1. The van der Waals surface area contributed by atoms with Gasteiger partial charge in [0.1, 0.15) is 5.82 Å². The zero-order valence-electron chi connectivity index (χ0n) is 14.5. The van der Waals surface area contributed by atoms with Crippen LogP contribution in [0.5, 0.6) is 0 Å². The topological polar surface area (TPSA) is 51.2 Å². The van der Waals surface area contributed by atoms with Gasteiger partial charge in [-0.2, -0.15) is 0 Å². The van der Waals surface area contributed by atoms with Crippen molar-refractivity contribution in [3.05, 3.63) is 88.8 Å². The normalized spacial score (nSPS) is 10.6. The molecular formula is C21H18ClFN2O2. The number of carbonyl (C=O) groups is 1. The maximum Gasteiger partial charge on any atom is 0.252 e. The van der Waals surface area contributed by atoms with Gasteiger partial charge < -0.3 is 10.1 Å². The first-order chi connectivity index (χ1) is 13.1. The van der Waals surface area contributed by atoms with Crippen molar-refractivity contribution < 1.29 is 13.9 Å². The Morgan fingerprint density at radius 3 is 2.67 bits per heavy atom. The number of ether oxygens (including phenoxy) is 1. The first kappa shape index (κ1) is 19.0. The third-order valence-electron chi connectivity index (χ3n) is 3.84. The van der Waals surface area contributed by atoms with E-state index in [1.54, 1.807) is 12.1 Å². The Kier molecular flexibility index (Phi) is 6.52. The summed E-state index contributed by atoms with van der Waals surface area (Å²) in [5, 5.41) is 3.04. The molecule has 0 aliphatic rings. The molecular weight excluding hydrogens is 367 g/mol. The van der Waals surface area contributed by atoms with E-state index in [0.717, 1.165) is 5.56 Å². The summed E-state index contributed by atoms with van der Waals surface area (Å²) < 4.78 is 18.9. The second-order valence-corrected chi connectivity index (χ2v) is 6.27. The number of aromatic nitrogens is 1. The largest absolute Gasteiger partial charge is 0.375 e. The highest BCUT2D eigenvalue weighted by Gasteiger charge is 2.11. The molecule has 0 radical (unpaired) electrons. The number of amides is 1. The van der Waals surface area contributed by atoms with Crippen molar-refractivity contribution in [3.8, 4) is 11.3 Å². The quantitative estimate of drug-likeness (QED) is 0.611. The van der Waals surface area contributed by atoms with Gasteiger partial charge in [-0.05, 0) is 23.8 Å². The van der Waals surface area contributed by atoms with Crippen LogP contribution in [0.4, 0.5) is 4.39 Å². The number of benzene rings is 2. The molecule has 1 heterocycles. The summed E-state index contributed by atoms with van der Waals surface area (Å²) in [7, 11) is 0. The van der Waals surface area contributed by atoms with Gasteiger partial charge in [0.25, 0.3) is 5.91 Å². The highest BCUT2D eigenvalue weighted by atomic mass is 35.5. The molecule has 27 heavy (non-hydrogen) atoms. The van der Waals surface area contributed by atoms with E-state index in [1.165, 1.54) is 24.4 Å². The summed E-state index contributed by atoms with van der Waals surface area (Å²) in [4.78, 5) is 16.4. The first-order valence-corrected chi connectivity index (χ1v) is 8.82. The standard InChI is InChI=1S/C21H18ClFN2O2/c22-19-12-17(13-25-20(19)16-7-4-8-18(23)11-16)21(26)24-9-10-27-14-15-5-2-1-3-6-15/h1-8,11-13H,9-10,14H2,(H,24,26). The molecule has 3 aromatic rings. The lowest BCUT2D eigenvalue weighted by Crippen LogP contribution is -2.27. The van der Waals surface area contributed by atoms with E-state index < -0.39 is 0 Å². The molecule has 0 atom stereocenters. The highest BCUT2D eigenvalue weighted by molar-refractivity contribution is 6.33. The fourth-order valence-electron chi connectivity index (χ4n) is 2.51. The van der Waals surface area contributed by atoms with Gasteiger partial charge in [-0.25, -0.2) is 4.39 Å². The van der Waals surface area contributed by atoms with Crippen LogP contribution in [-0.2, 0) is 11.3 Å². The van der Waals surface area contributed by atoms with Crippen LogP contribution < -0.4 is 5.32 Å². The Morgan fingerprint density at radius 1 is 1.11 bits per heavy atom. The SMILES string of the molecule is O=C(NCCOCc1ccccc1)c1cnc(-c2cccc(F)c2)c(Cl)c1. The molecule has 0 saturated carbocycles. The van der Waals surface area contributed by atoms with Crippen LogP contribution in [0.3, 0.4) is 0 Å². The van der Waals surface area contributed by atoms with E-state index >= 15 is 0 Å². The van der Waals surface area contributed by atoms with Crippen molar-refractivity contribution in [2.45, 2.75) is 6.61 Å². The Morgan fingerprint density at radius 2 is 1.93 bits per heavy atom. The lowest BCUT2D eigenvalue weighted by atomic mass is 10.1. The van der Waals surface area contributed by atoms with Gasteiger partial charge in [-0.3, -0.25) is 9.78 Å². The molecule has 0 aliphatic heterocycles. The van der Waals surface area contributed by atoms with Crippen LogP contribution >= 0.6 is 11.6 Å². The lowest BCUT2D eigenvalue weighted by molar-refractivity contribution is 0.0900. The fraction of sp³-hybridized carbons (Fsp3) is 0.143. The lowest BCUT2D eigenvalue weighted by Gasteiger charge is -2.08. The van der Waals surface area contributed by atoms with Gasteiger partial charge in [0, 0.05) is 18.3 Å².